The van der Waals surface area contributed by atoms with Crippen LogP contribution in [-0.4, -0.2) is 9.55 Å². The Kier molecular flexibility index (Phi) is 3.07. The maximum absolute atomic E-state index is 4.27. The molecule has 1 rings (SSSR count). The molecule has 70 valence electrons. The maximum atomic E-state index is 4.27. The van der Waals surface area contributed by atoms with Gasteiger partial charge >= 0.3 is 0 Å². The molecule has 2 heteroatoms. The molecule has 0 amide bonds. The summed E-state index contributed by atoms with van der Waals surface area (Å²) in [6.45, 7) is 9.97. The van der Waals surface area contributed by atoms with Crippen molar-refractivity contribution in [1.29, 1.82) is 0 Å². The highest BCUT2D eigenvalue weighted by Gasteiger charge is 2.06. The molecule has 1 aromatic heterocycles. The average Bonchev–Trinajstić information content (AvgIpc) is 2.43. The van der Waals surface area contributed by atoms with Crippen LogP contribution in [0.2, 0.25) is 0 Å². The van der Waals surface area contributed by atoms with Crippen LogP contribution in [0.4, 0.5) is 0 Å². The molecule has 0 aromatic carbocycles. The second kappa shape index (κ2) is 4.08. The standard InChI is InChI=1S/C11H16N2/c1-5-6-7-13-10(4)12-8-11(13)9(2)3/h5-9H,1H2,2-4H3/b7-6-. The van der Waals surface area contributed by atoms with E-state index in [0.29, 0.717) is 5.92 Å². The van der Waals surface area contributed by atoms with E-state index in [9.17, 15) is 0 Å². The van der Waals surface area contributed by atoms with Crippen molar-refractivity contribution in [3.05, 3.63) is 36.4 Å². The van der Waals surface area contributed by atoms with Gasteiger partial charge in [0.25, 0.3) is 0 Å². The highest BCUT2D eigenvalue weighted by Crippen LogP contribution is 2.15. The third-order valence-corrected chi connectivity index (χ3v) is 1.97. The summed E-state index contributed by atoms with van der Waals surface area (Å²) >= 11 is 0. The minimum Gasteiger partial charge on any atom is -0.308 e. The minimum atomic E-state index is 0.496. The molecule has 1 aromatic rings. The molecule has 0 aliphatic heterocycles. The first kappa shape index (κ1) is 9.78. The van der Waals surface area contributed by atoms with Crippen LogP contribution in [0.3, 0.4) is 0 Å². The van der Waals surface area contributed by atoms with Crippen LogP contribution in [0, 0.1) is 6.92 Å². The number of allylic oxidation sites excluding steroid dienone is 2. The molecule has 0 atom stereocenters. The molecule has 0 unspecified atom stereocenters. The van der Waals surface area contributed by atoms with Crippen LogP contribution in [0.5, 0.6) is 0 Å². The summed E-state index contributed by atoms with van der Waals surface area (Å²) in [6, 6.07) is 0. The fourth-order valence-electron chi connectivity index (χ4n) is 1.24. The molecule has 13 heavy (non-hydrogen) atoms. The van der Waals surface area contributed by atoms with Crippen molar-refractivity contribution in [3.8, 4) is 0 Å². The Morgan fingerprint density at radius 2 is 2.23 bits per heavy atom. The van der Waals surface area contributed by atoms with Crippen molar-refractivity contribution >= 4 is 6.20 Å². The van der Waals surface area contributed by atoms with Gasteiger partial charge < -0.3 is 4.57 Å². The van der Waals surface area contributed by atoms with Crippen LogP contribution in [0.25, 0.3) is 6.20 Å². The molecule has 0 aliphatic rings. The highest BCUT2D eigenvalue weighted by atomic mass is 15.1. The fraction of sp³-hybridized carbons (Fsp3) is 0.364. The van der Waals surface area contributed by atoms with Crippen molar-refractivity contribution in [2.45, 2.75) is 26.7 Å². The maximum Gasteiger partial charge on any atom is 0.109 e. The lowest BCUT2D eigenvalue weighted by atomic mass is 10.1. The van der Waals surface area contributed by atoms with E-state index >= 15 is 0 Å². The molecule has 0 fully saturated rings. The predicted molar refractivity (Wildman–Crippen MR) is 56.6 cm³/mol. The van der Waals surface area contributed by atoms with Gasteiger partial charge in [-0.3, -0.25) is 0 Å². The van der Waals surface area contributed by atoms with Gasteiger partial charge in [-0.25, -0.2) is 4.98 Å². The first-order valence-corrected chi connectivity index (χ1v) is 4.49. The van der Waals surface area contributed by atoms with Crippen molar-refractivity contribution < 1.29 is 0 Å². The SMILES string of the molecule is C=C/C=C\n1c(C(C)C)cnc1C. The van der Waals surface area contributed by atoms with E-state index in [0.717, 1.165) is 5.82 Å². The zero-order valence-corrected chi connectivity index (χ0v) is 8.49. The lowest BCUT2D eigenvalue weighted by Gasteiger charge is -2.06. The Balaban J connectivity index is 3.08. The predicted octanol–water partition coefficient (Wildman–Crippen LogP) is 2.97. The van der Waals surface area contributed by atoms with Gasteiger partial charge in [0.1, 0.15) is 5.82 Å². The van der Waals surface area contributed by atoms with Gasteiger partial charge in [0.05, 0.1) is 0 Å². The summed E-state index contributed by atoms with van der Waals surface area (Å²) < 4.78 is 2.09. The van der Waals surface area contributed by atoms with Crippen molar-refractivity contribution in [1.82, 2.24) is 9.55 Å². The monoisotopic (exact) mass is 176 g/mol. The van der Waals surface area contributed by atoms with Crippen LogP contribution >= 0.6 is 0 Å². The Morgan fingerprint density at radius 1 is 1.54 bits per heavy atom. The molecule has 1 heterocycles. The minimum absolute atomic E-state index is 0.496. The molecule has 2 nitrogen and oxygen atoms in total. The summed E-state index contributed by atoms with van der Waals surface area (Å²) in [5.74, 6) is 1.51. The van der Waals surface area contributed by atoms with E-state index in [4.69, 9.17) is 0 Å². The van der Waals surface area contributed by atoms with Crippen LogP contribution < -0.4 is 0 Å². The molecular weight excluding hydrogens is 160 g/mol. The Morgan fingerprint density at radius 3 is 2.77 bits per heavy atom. The lowest BCUT2D eigenvalue weighted by molar-refractivity contribution is 0.793. The number of nitrogens with zero attached hydrogens (tertiary/aromatic N) is 2. The summed E-state index contributed by atoms with van der Waals surface area (Å²) in [6.07, 6.45) is 7.60. The third kappa shape index (κ3) is 2.08. The largest absolute Gasteiger partial charge is 0.308 e. The zero-order chi connectivity index (χ0) is 9.84. The third-order valence-electron chi connectivity index (χ3n) is 1.97. The number of hydrogen-bond acceptors (Lipinski definition) is 1. The molecule has 0 bridgehead atoms. The van der Waals surface area contributed by atoms with Gasteiger partial charge in [-0.05, 0) is 18.9 Å². The number of imidazole rings is 1. The van der Waals surface area contributed by atoms with E-state index in [-0.39, 0.29) is 0 Å². The second-order valence-electron chi connectivity index (χ2n) is 3.33. The van der Waals surface area contributed by atoms with Crippen LogP contribution in [-0.2, 0) is 0 Å². The van der Waals surface area contributed by atoms with E-state index < -0.39 is 0 Å². The van der Waals surface area contributed by atoms with Gasteiger partial charge in [-0.1, -0.05) is 26.5 Å². The quantitative estimate of drug-likeness (QED) is 0.647. The molecule has 0 saturated carbocycles. The molecule has 0 aliphatic carbocycles. The van der Waals surface area contributed by atoms with Crippen molar-refractivity contribution in [2.75, 3.05) is 0 Å². The summed E-state index contributed by atoms with van der Waals surface area (Å²) in [7, 11) is 0. The first-order chi connectivity index (χ1) is 6.16. The molecule has 0 saturated heterocycles. The van der Waals surface area contributed by atoms with E-state index in [1.165, 1.54) is 5.69 Å². The summed E-state index contributed by atoms with van der Waals surface area (Å²) in [4.78, 5) is 4.27. The Bertz CT molecular complexity index is 319. The van der Waals surface area contributed by atoms with E-state index in [2.05, 4.69) is 30.0 Å². The van der Waals surface area contributed by atoms with Gasteiger partial charge in [0.15, 0.2) is 0 Å². The van der Waals surface area contributed by atoms with Crippen molar-refractivity contribution in [2.24, 2.45) is 0 Å². The van der Waals surface area contributed by atoms with Gasteiger partial charge in [-0.2, -0.15) is 0 Å². The molecule has 0 radical (unpaired) electrons. The average molecular weight is 176 g/mol. The first-order valence-electron chi connectivity index (χ1n) is 4.49. The van der Waals surface area contributed by atoms with Crippen LogP contribution in [0.15, 0.2) is 24.9 Å². The highest BCUT2D eigenvalue weighted by molar-refractivity contribution is 5.32. The number of aryl methyl sites for hydroxylation is 1. The zero-order valence-electron chi connectivity index (χ0n) is 8.49. The van der Waals surface area contributed by atoms with Gasteiger partial charge in [0.2, 0.25) is 0 Å². The fourth-order valence-corrected chi connectivity index (χ4v) is 1.24. The smallest absolute Gasteiger partial charge is 0.109 e. The Labute approximate surface area is 79.6 Å². The molecular formula is C11H16N2. The van der Waals surface area contributed by atoms with E-state index in [1.54, 1.807) is 6.08 Å². The van der Waals surface area contributed by atoms with Crippen molar-refractivity contribution in [3.63, 3.8) is 0 Å². The lowest BCUT2D eigenvalue weighted by Crippen LogP contribution is -1.98. The Hall–Kier alpha value is -1.31. The van der Waals surface area contributed by atoms with E-state index in [1.807, 2.05) is 25.4 Å². The summed E-state index contributed by atoms with van der Waals surface area (Å²) in [5, 5.41) is 0. The second-order valence-corrected chi connectivity index (χ2v) is 3.33. The topological polar surface area (TPSA) is 17.8 Å². The number of aromatic nitrogens is 2. The number of hydrogen-bond donors (Lipinski definition) is 0. The summed E-state index contributed by atoms with van der Waals surface area (Å²) in [5.41, 5.74) is 1.23. The van der Waals surface area contributed by atoms with Gasteiger partial charge in [-0.15, -0.1) is 0 Å². The molecule has 0 N–H and O–H groups in total. The number of rotatable bonds is 3. The normalized spacial score (nSPS) is 11.4. The van der Waals surface area contributed by atoms with Crippen LogP contribution in [0.1, 0.15) is 31.3 Å². The van der Waals surface area contributed by atoms with Gasteiger partial charge in [0, 0.05) is 18.1 Å². The molecule has 0 spiro atoms.